The van der Waals surface area contributed by atoms with Gasteiger partial charge in [-0.2, -0.15) is 0 Å². The fourth-order valence-electron chi connectivity index (χ4n) is 2.38. The normalized spacial score (nSPS) is 10.4. The monoisotopic (exact) mass is 356 g/mol. The topological polar surface area (TPSA) is 76.7 Å². The Labute approximate surface area is 153 Å². The summed E-state index contributed by atoms with van der Waals surface area (Å²) in [5.41, 5.74) is 2.45. The Balaban J connectivity index is 2.21. The van der Waals surface area contributed by atoms with Crippen LogP contribution in [0.15, 0.2) is 36.4 Å². The van der Waals surface area contributed by atoms with Crippen LogP contribution in [0.2, 0.25) is 0 Å². The van der Waals surface area contributed by atoms with Crippen LogP contribution in [-0.2, 0) is 4.79 Å². The van der Waals surface area contributed by atoms with Crippen LogP contribution in [-0.4, -0.2) is 26.0 Å². The van der Waals surface area contributed by atoms with Crippen molar-refractivity contribution in [2.24, 2.45) is 5.92 Å². The maximum absolute atomic E-state index is 12.6. The highest BCUT2D eigenvalue weighted by Crippen LogP contribution is 2.30. The maximum atomic E-state index is 12.6. The molecule has 2 rings (SSSR count). The van der Waals surface area contributed by atoms with Crippen molar-refractivity contribution in [3.63, 3.8) is 0 Å². The summed E-state index contributed by atoms with van der Waals surface area (Å²) in [5.74, 6) is 0.649. The van der Waals surface area contributed by atoms with Crippen LogP contribution in [0, 0.1) is 12.8 Å². The van der Waals surface area contributed by atoms with Gasteiger partial charge in [-0.1, -0.05) is 19.9 Å². The second-order valence-corrected chi connectivity index (χ2v) is 6.18. The molecule has 0 radical (unpaired) electrons. The zero-order valence-electron chi connectivity index (χ0n) is 15.7. The van der Waals surface area contributed by atoms with Crippen molar-refractivity contribution >= 4 is 23.2 Å². The van der Waals surface area contributed by atoms with Crippen molar-refractivity contribution in [3.8, 4) is 11.5 Å². The standard InChI is InChI=1S/C20H24N2O4/c1-12(2)19(23)21-15-7-6-8-16(11-15)22-20(24)14-9-17(25-4)13(3)18(10-14)26-5/h6-12H,1-5H3,(H,21,23)(H,22,24). The number of methoxy groups -OCH3 is 2. The summed E-state index contributed by atoms with van der Waals surface area (Å²) in [6, 6.07) is 10.3. The number of benzene rings is 2. The number of hydrogen-bond acceptors (Lipinski definition) is 4. The van der Waals surface area contributed by atoms with Gasteiger partial charge < -0.3 is 20.1 Å². The van der Waals surface area contributed by atoms with Gasteiger partial charge in [-0.05, 0) is 37.3 Å². The molecule has 0 saturated heterocycles. The predicted molar refractivity (Wildman–Crippen MR) is 102 cm³/mol. The van der Waals surface area contributed by atoms with E-state index in [1.54, 1.807) is 50.6 Å². The second kappa shape index (κ2) is 8.38. The lowest BCUT2D eigenvalue weighted by Crippen LogP contribution is -2.18. The van der Waals surface area contributed by atoms with Gasteiger partial charge in [0.15, 0.2) is 0 Å². The number of nitrogens with one attached hydrogen (secondary N) is 2. The smallest absolute Gasteiger partial charge is 0.255 e. The number of hydrogen-bond donors (Lipinski definition) is 2. The first-order valence-corrected chi connectivity index (χ1v) is 8.30. The maximum Gasteiger partial charge on any atom is 0.255 e. The van der Waals surface area contributed by atoms with Gasteiger partial charge in [0, 0.05) is 28.4 Å². The zero-order chi connectivity index (χ0) is 19.3. The number of carbonyl (C=O) groups excluding carboxylic acids is 2. The Kier molecular flexibility index (Phi) is 6.22. The SMILES string of the molecule is COc1cc(C(=O)Nc2cccc(NC(=O)C(C)C)c2)cc(OC)c1C. The van der Waals surface area contributed by atoms with Crippen molar-refractivity contribution < 1.29 is 19.1 Å². The highest BCUT2D eigenvalue weighted by atomic mass is 16.5. The summed E-state index contributed by atoms with van der Waals surface area (Å²) < 4.78 is 10.6. The number of rotatable bonds is 6. The average molecular weight is 356 g/mol. The van der Waals surface area contributed by atoms with Gasteiger partial charge in [0.25, 0.3) is 5.91 Å². The molecular weight excluding hydrogens is 332 g/mol. The van der Waals surface area contributed by atoms with E-state index in [0.717, 1.165) is 5.56 Å². The zero-order valence-corrected chi connectivity index (χ0v) is 15.7. The molecule has 138 valence electrons. The largest absolute Gasteiger partial charge is 0.496 e. The Bertz CT molecular complexity index is 790. The number of carbonyl (C=O) groups is 2. The third kappa shape index (κ3) is 4.53. The van der Waals surface area contributed by atoms with E-state index in [1.807, 2.05) is 20.8 Å². The van der Waals surface area contributed by atoms with Crippen LogP contribution in [0.25, 0.3) is 0 Å². The molecule has 2 aromatic rings. The quantitative estimate of drug-likeness (QED) is 0.824. The van der Waals surface area contributed by atoms with Gasteiger partial charge in [-0.15, -0.1) is 0 Å². The van der Waals surface area contributed by atoms with E-state index in [2.05, 4.69) is 10.6 Å². The highest BCUT2D eigenvalue weighted by Gasteiger charge is 2.14. The summed E-state index contributed by atoms with van der Waals surface area (Å²) in [6.45, 7) is 5.50. The van der Waals surface area contributed by atoms with Crippen molar-refractivity contribution in [1.82, 2.24) is 0 Å². The minimum absolute atomic E-state index is 0.0820. The molecule has 0 aromatic heterocycles. The van der Waals surface area contributed by atoms with E-state index in [9.17, 15) is 9.59 Å². The van der Waals surface area contributed by atoms with Crippen LogP contribution in [0.1, 0.15) is 29.8 Å². The van der Waals surface area contributed by atoms with Gasteiger partial charge in [0.2, 0.25) is 5.91 Å². The van der Waals surface area contributed by atoms with Gasteiger partial charge >= 0.3 is 0 Å². The molecule has 6 nitrogen and oxygen atoms in total. The fourth-order valence-corrected chi connectivity index (χ4v) is 2.38. The molecule has 0 atom stereocenters. The molecule has 2 amide bonds. The van der Waals surface area contributed by atoms with E-state index >= 15 is 0 Å². The van der Waals surface area contributed by atoms with Gasteiger partial charge in [-0.25, -0.2) is 0 Å². The van der Waals surface area contributed by atoms with Crippen molar-refractivity contribution in [2.75, 3.05) is 24.9 Å². The lowest BCUT2D eigenvalue weighted by atomic mass is 10.1. The number of anilines is 2. The van der Waals surface area contributed by atoms with Crippen LogP contribution in [0.4, 0.5) is 11.4 Å². The molecule has 6 heteroatoms. The first kappa shape index (κ1) is 19.3. The van der Waals surface area contributed by atoms with E-state index in [4.69, 9.17) is 9.47 Å². The molecule has 0 aliphatic carbocycles. The second-order valence-electron chi connectivity index (χ2n) is 6.18. The highest BCUT2D eigenvalue weighted by molar-refractivity contribution is 6.05. The molecule has 0 spiro atoms. The van der Waals surface area contributed by atoms with E-state index in [0.29, 0.717) is 28.4 Å². The van der Waals surface area contributed by atoms with Crippen LogP contribution in [0.5, 0.6) is 11.5 Å². The molecule has 26 heavy (non-hydrogen) atoms. The Morgan fingerprint density at radius 3 is 1.96 bits per heavy atom. The van der Waals surface area contributed by atoms with Crippen LogP contribution in [0.3, 0.4) is 0 Å². The van der Waals surface area contributed by atoms with Gasteiger partial charge in [0.05, 0.1) is 14.2 Å². The molecule has 0 unspecified atom stereocenters. The molecule has 2 N–H and O–H groups in total. The summed E-state index contributed by atoms with van der Waals surface area (Å²) >= 11 is 0. The lowest BCUT2D eigenvalue weighted by Gasteiger charge is -2.13. The van der Waals surface area contributed by atoms with Crippen molar-refractivity contribution in [1.29, 1.82) is 0 Å². The Morgan fingerprint density at radius 2 is 1.46 bits per heavy atom. The third-order valence-electron chi connectivity index (χ3n) is 3.93. The van der Waals surface area contributed by atoms with E-state index < -0.39 is 0 Å². The number of ether oxygens (including phenoxy) is 2. The predicted octanol–water partition coefficient (Wildman–Crippen LogP) is 3.86. The van der Waals surface area contributed by atoms with Gasteiger partial charge in [-0.3, -0.25) is 9.59 Å². The molecule has 2 aromatic carbocycles. The number of amides is 2. The molecule has 0 fully saturated rings. The molecule has 0 saturated carbocycles. The minimum Gasteiger partial charge on any atom is -0.496 e. The summed E-state index contributed by atoms with van der Waals surface area (Å²) in [4.78, 5) is 24.4. The van der Waals surface area contributed by atoms with Gasteiger partial charge in [0.1, 0.15) is 11.5 Å². The van der Waals surface area contributed by atoms with Crippen molar-refractivity contribution in [2.45, 2.75) is 20.8 Å². The Morgan fingerprint density at radius 1 is 0.923 bits per heavy atom. The molecule has 0 aliphatic rings. The van der Waals surface area contributed by atoms with E-state index in [-0.39, 0.29) is 17.7 Å². The van der Waals surface area contributed by atoms with Crippen LogP contribution >= 0.6 is 0 Å². The van der Waals surface area contributed by atoms with Crippen molar-refractivity contribution in [3.05, 3.63) is 47.5 Å². The summed E-state index contributed by atoms with van der Waals surface area (Å²) in [7, 11) is 3.09. The van der Waals surface area contributed by atoms with Crippen LogP contribution < -0.4 is 20.1 Å². The fraction of sp³-hybridized carbons (Fsp3) is 0.300. The molecular formula is C20H24N2O4. The Hall–Kier alpha value is -3.02. The van der Waals surface area contributed by atoms with E-state index in [1.165, 1.54) is 0 Å². The first-order valence-electron chi connectivity index (χ1n) is 8.30. The molecule has 0 heterocycles. The molecule has 0 aliphatic heterocycles. The summed E-state index contributed by atoms with van der Waals surface area (Å²) in [5, 5.41) is 5.63. The average Bonchev–Trinajstić information content (AvgIpc) is 2.62. The third-order valence-corrected chi connectivity index (χ3v) is 3.93. The lowest BCUT2D eigenvalue weighted by molar-refractivity contribution is -0.118. The minimum atomic E-state index is -0.297. The molecule has 0 bridgehead atoms. The summed E-state index contributed by atoms with van der Waals surface area (Å²) in [6.07, 6.45) is 0. The first-order chi connectivity index (χ1) is 12.3.